The van der Waals surface area contributed by atoms with Gasteiger partial charge in [-0.05, 0) is 56.5 Å². The maximum Gasteiger partial charge on any atom is 0.264 e. The Kier molecular flexibility index (Phi) is 9.30. The van der Waals surface area contributed by atoms with E-state index in [9.17, 15) is 18.0 Å². The van der Waals surface area contributed by atoms with E-state index in [-0.39, 0.29) is 34.1 Å². The van der Waals surface area contributed by atoms with E-state index < -0.39 is 28.5 Å². The topological polar surface area (TPSA) is 86.8 Å². The number of para-hydroxylation sites is 1. The van der Waals surface area contributed by atoms with Gasteiger partial charge in [0.2, 0.25) is 11.8 Å². The fourth-order valence-corrected chi connectivity index (χ4v) is 6.48. The SMILES string of the molecule is Cc1ccc(S(=O)(=O)N(CC(=O)N(Cc2ccccc2)C(C)C(=O)NC2CCCC2)c2ccccc2Cl)cc1. The van der Waals surface area contributed by atoms with Gasteiger partial charge in [0.1, 0.15) is 12.6 Å². The molecule has 0 saturated heterocycles. The number of amides is 2. The lowest BCUT2D eigenvalue weighted by Crippen LogP contribution is -2.52. The Hall–Kier alpha value is -3.36. The highest BCUT2D eigenvalue weighted by Gasteiger charge is 2.34. The molecule has 1 fully saturated rings. The number of anilines is 1. The van der Waals surface area contributed by atoms with Crippen molar-refractivity contribution in [3.63, 3.8) is 0 Å². The number of nitrogens with zero attached hydrogens (tertiary/aromatic N) is 2. The lowest BCUT2D eigenvalue weighted by molar-refractivity contribution is -0.139. The third-order valence-electron chi connectivity index (χ3n) is 7.07. The molecule has 206 valence electrons. The number of halogens is 1. The van der Waals surface area contributed by atoms with Crippen LogP contribution in [0.25, 0.3) is 0 Å². The van der Waals surface area contributed by atoms with Crippen molar-refractivity contribution in [2.45, 2.75) is 63.1 Å². The fraction of sp³-hybridized carbons (Fsp3) is 0.333. The molecule has 4 rings (SSSR count). The van der Waals surface area contributed by atoms with E-state index in [1.54, 1.807) is 43.3 Å². The Morgan fingerprint density at radius 2 is 1.56 bits per heavy atom. The van der Waals surface area contributed by atoms with Gasteiger partial charge in [-0.15, -0.1) is 0 Å². The van der Waals surface area contributed by atoms with Crippen LogP contribution in [0.4, 0.5) is 5.69 Å². The molecule has 0 radical (unpaired) electrons. The zero-order valence-electron chi connectivity index (χ0n) is 22.2. The Bertz CT molecular complexity index is 1390. The summed E-state index contributed by atoms with van der Waals surface area (Å²) in [4.78, 5) is 28.7. The van der Waals surface area contributed by atoms with Crippen LogP contribution in [-0.4, -0.2) is 43.8 Å². The van der Waals surface area contributed by atoms with Gasteiger partial charge >= 0.3 is 0 Å². The Labute approximate surface area is 235 Å². The predicted molar refractivity (Wildman–Crippen MR) is 154 cm³/mol. The first-order valence-electron chi connectivity index (χ1n) is 13.1. The normalized spacial score (nSPS) is 14.5. The van der Waals surface area contributed by atoms with Crippen LogP contribution in [0.3, 0.4) is 0 Å². The molecule has 1 atom stereocenters. The smallest absolute Gasteiger partial charge is 0.264 e. The highest BCUT2D eigenvalue weighted by molar-refractivity contribution is 7.92. The average molecular weight is 568 g/mol. The second-order valence-corrected chi connectivity index (χ2v) is 12.2. The van der Waals surface area contributed by atoms with E-state index in [0.717, 1.165) is 41.1 Å². The number of rotatable bonds is 10. The summed E-state index contributed by atoms with van der Waals surface area (Å²) < 4.78 is 28.8. The van der Waals surface area contributed by atoms with Crippen LogP contribution in [-0.2, 0) is 26.2 Å². The molecule has 0 spiro atoms. The third kappa shape index (κ3) is 6.99. The van der Waals surface area contributed by atoms with Gasteiger partial charge in [-0.2, -0.15) is 0 Å². The summed E-state index contributed by atoms with van der Waals surface area (Å²) in [6.07, 6.45) is 3.96. The van der Waals surface area contributed by atoms with Crippen molar-refractivity contribution in [1.29, 1.82) is 0 Å². The Balaban J connectivity index is 1.68. The monoisotopic (exact) mass is 567 g/mol. The van der Waals surface area contributed by atoms with E-state index in [2.05, 4.69) is 5.32 Å². The second-order valence-electron chi connectivity index (χ2n) is 9.95. The summed E-state index contributed by atoms with van der Waals surface area (Å²) in [5.74, 6) is -0.764. The minimum Gasteiger partial charge on any atom is -0.352 e. The zero-order valence-corrected chi connectivity index (χ0v) is 23.8. The van der Waals surface area contributed by atoms with Gasteiger partial charge in [-0.1, -0.05) is 84.6 Å². The fourth-order valence-electron chi connectivity index (χ4n) is 4.76. The van der Waals surface area contributed by atoms with Gasteiger partial charge in [-0.25, -0.2) is 8.42 Å². The molecule has 39 heavy (non-hydrogen) atoms. The van der Waals surface area contributed by atoms with Crippen LogP contribution < -0.4 is 9.62 Å². The molecule has 1 saturated carbocycles. The predicted octanol–water partition coefficient (Wildman–Crippen LogP) is 5.32. The second kappa shape index (κ2) is 12.7. The van der Waals surface area contributed by atoms with E-state index in [4.69, 9.17) is 11.6 Å². The van der Waals surface area contributed by atoms with Crippen LogP contribution >= 0.6 is 11.6 Å². The van der Waals surface area contributed by atoms with Gasteiger partial charge in [0, 0.05) is 12.6 Å². The van der Waals surface area contributed by atoms with Crippen LogP contribution in [0.15, 0.2) is 83.8 Å². The van der Waals surface area contributed by atoms with Crippen molar-refractivity contribution in [1.82, 2.24) is 10.2 Å². The van der Waals surface area contributed by atoms with E-state index >= 15 is 0 Å². The molecule has 3 aromatic carbocycles. The summed E-state index contributed by atoms with van der Waals surface area (Å²) in [6.45, 7) is 3.18. The van der Waals surface area contributed by atoms with Crippen LogP contribution in [0.2, 0.25) is 5.02 Å². The van der Waals surface area contributed by atoms with E-state index in [0.29, 0.717) is 0 Å². The lowest BCUT2D eigenvalue weighted by atomic mass is 10.1. The molecule has 7 nitrogen and oxygen atoms in total. The zero-order chi connectivity index (χ0) is 28.0. The van der Waals surface area contributed by atoms with Gasteiger partial charge in [0.25, 0.3) is 10.0 Å². The summed E-state index contributed by atoms with van der Waals surface area (Å²) >= 11 is 6.44. The van der Waals surface area contributed by atoms with Crippen LogP contribution in [0.1, 0.15) is 43.7 Å². The van der Waals surface area contributed by atoms with Crippen molar-refractivity contribution in [2.24, 2.45) is 0 Å². The van der Waals surface area contributed by atoms with Gasteiger partial charge < -0.3 is 10.2 Å². The minimum atomic E-state index is -4.16. The molecule has 0 heterocycles. The molecular formula is C30H34ClN3O4S. The number of carbonyl (C=O) groups excluding carboxylic acids is 2. The van der Waals surface area contributed by atoms with Gasteiger partial charge in [-0.3, -0.25) is 13.9 Å². The van der Waals surface area contributed by atoms with Crippen molar-refractivity contribution in [2.75, 3.05) is 10.8 Å². The summed E-state index contributed by atoms with van der Waals surface area (Å²) in [7, 11) is -4.16. The largest absolute Gasteiger partial charge is 0.352 e. The number of carbonyl (C=O) groups is 2. The number of hydrogen-bond acceptors (Lipinski definition) is 4. The van der Waals surface area contributed by atoms with Crippen molar-refractivity contribution < 1.29 is 18.0 Å². The van der Waals surface area contributed by atoms with E-state index in [1.807, 2.05) is 37.3 Å². The average Bonchev–Trinajstić information content (AvgIpc) is 3.44. The first-order chi connectivity index (χ1) is 18.7. The molecule has 0 aliphatic heterocycles. The van der Waals surface area contributed by atoms with Gasteiger partial charge in [0.05, 0.1) is 15.6 Å². The van der Waals surface area contributed by atoms with Crippen LogP contribution in [0, 0.1) is 6.92 Å². The Morgan fingerprint density at radius 1 is 0.949 bits per heavy atom. The van der Waals surface area contributed by atoms with Crippen molar-refractivity contribution >= 4 is 39.1 Å². The minimum absolute atomic E-state index is 0.0439. The maximum atomic E-state index is 14.0. The number of aryl methyl sites for hydroxylation is 1. The van der Waals surface area contributed by atoms with Gasteiger partial charge in [0.15, 0.2) is 0 Å². The molecule has 3 aromatic rings. The highest BCUT2D eigenvalue weighted by atomic mass is 35.5. The number of benzene rings is 3. The molecule has 9 heteroatoms. The molecule has 2 amide bonds. The molecule has 0 bridgehead atoms. The quantitative estimate of drug-likeness (QED) is 0.359. The summed E-state index contributed by atoms with van der Waals surface area (Å²) in [5.41, 5.74) is 1.93. The summed E-state index contributed by atoms with van der Waals surface area (Å²) in [5, 5.41) is 3.27. The molecule has 0 aromatic heterocycles. The highest BCUT2D eigenvalue weighted by Crippen LogP contribution is 2.31. The molecule has 1 N–H and O–H groups in total. The lowest BCUT2D eigenvalue weighted by Gasteiger charge is -2.32. The standard InChI is InChI=1S/C30H34ClN3O4S/c1-22-16-18-26(19-17-22)39(37,38)34(28-15-9-8-14-27(28)31)21-29(35)33(20-24-10-4-3-5-11-24)23(2)30(36)32-25-12-6-7-13-25/h3-5,8-11,14-19,23,25H,6-7,12-13,20-21H2,1-2H3,(H,32,36). The number of sulfonamides is 1. The summed E-state index contributed by atoms with van der Waals surface area (Å²) in [6, 6.07) is 21.6. The molecule has 1 aliphatic rings. The maximum absolute atomic E-state index is 14.0. The Morgan fingerprint density at radius 3 is 2.21 bits per heavy atom. The van der Waals surface area contributed by atoms with Crippen LogP contribution in [0.5, 0.6) is 0 Å². The van der Waals surface area contributed by atoms with Crippen molar-refractivity contribution in [3.05, 3.63) is 95.0 Å². The molecule has 1 unspecified atom stereocenters. The first-order valence-corrected chi connectivity index (χ1v) is 15.0. The van der Waals surface area contributed by atoms with E-state index in [1.165, 1.54) is 17.0 Å². The molecule has 1 aliphatic carbocycles. The molecular weight excluding hydrogens is 534 g/mol. The number of hydrogen-bond donors (Lipinski definition) is 1. The first kappa shape index (κ1) is 28.6. The van der Waals surface area contributed by atoms with Crippen molar-refractivity contribution in [3.8, 4) is 0 Å². The number of nitrogens with one attached hydrogen (secondary N) is 1. The third-order valence-corrected chi connectivity index (χ3v) is 9.17.